The van der Waals surface area contributed by atoms with Gasteiger partial charge < -0.3 is 5.32 Å². The van der Waals surface area contributed by atoms with Crippen LogP contribution in [0.2, 0.25) is 0 Å². The van der Waals surface area contributed by atoms with Gasteiger partial charge in [0.05, 0.1) is 4.92 Å². The van der Waals surface area contributed by atoms with E-state index >= 15 is 0 Å². The maximum absolute atomic E-state index is 12.9. The summed E-state index contributed by atoms with van der Waals surface area (Å²) >= 11 is 3.23. The third-order valence-corrected chi connectivity index (χ3v) is 3.71. The lowest BCUT2D eigenvalue weighted by Crippen LogP contribution is -2.18. The molecule has 0 saturated heterocycles. The lowest BCUT2D eigenvalue weighted by molar-refractivity contribution is -0.385. The van der Waals surface area contributed by atoms with Gasteiger partial charge in [-0.1, -0.05) is 28.1 Å². The van der Waals surface area contributed by atoms with E-state index in [2.05, 4.69) is 21.2 Å². The van der Waals surface area contributed by atoms with Gasteiger partial charge in [-0.15, -0.1) is 0 Å². The molecule has 2 aromatic rings. The molecule has 0 aromatic heterocycles. The van der Waals surface area contributed by atoms with E-state index in [0.29, 0.717) is 16.6 Å². The third kappa shape index (κ3) is 4.09. The van der Waals surface area contributed by atoms with Crippen LogP contribution in [0, 0.1) is 15.9 Å². The van der Waals surface area contributed by atoms with Gasteiger partial charge in [-0.2, -0.15) is 0 Å². The summed E-state index contributed by atoms with van der Waals surface area (Å²) in [5, 5.41) is 14.2. The first-order valence-electron chi connectivity index (χ1n) is 6.39. The highest BCUT2D eigenvalue weighted by molar-refractivity contribution is 9.10. The normalized spacial score (nSPS) is 12.1. The summed E-state index contributed by atoms with van der Waals surface area (Å²) in [7, 11) is 0. The summed E-state index contributed by atoms with van der Waals surface area (Å²) in [5.41, 5.74) is 1.61. The lowest BCUT2D eigenvalue weighted by atomic mass is 10.1. The van der Waals surface area contributed by atoms with Crippen LogP contribution in [0.25, 0.3) is 0 Å². The number of hydrogen-bond acceptors (Lipinski definition) is 3. The van der Waals surface area contributed by atoms with Gasteiger partial charge in [0.25, 0.3) is 5.69 Å². The number of halogens is 2. The quantitative estimate of drug-likeness (QED) is 0.642. The second-order valence-electron chi connectivity index (χ2n) is 4.68. The average Bonchev–Trinajstić information content (AvgIpc) is 2.46. The van der Waals surface area contributed by atoms with Crippen LogP contribution < -0.4 is 5.32 Å². The number of nitro benzene ring substituents is 1. The summed E-state index contributed by atoms with van der Waals surface area (Å²) in [6, 6.07) is 11.1. The molecule has 0 aliphatic heterocycles. The van der Waals surface area contributed by atoms with Crippen molar-refractivity contribution in [2.45, 2.75) is 19.5 Å². The molecule has 21 heavy (non-hydrogen) atoms. The molecular formula is C15H14BrFN2O2. The second-order valence-corrected chi connectivity index (χ2v) is 5.60. The number of rotatable bonds is 5. The molecule has 2 aromatic carbocycles. The van der Waals surface area contributed by atoms with Crippen LogP contribution in [0.4, 0.5) is 10.1 Å². The minimum Gasteiger partial charge on any atom is -0.306 e. The molecule has 0 unspecified atom stereocenters. The van der Waals surface area contributed by atoms with Crippen LogP contribution in [0.1, 0.15) is 24.1 Å². The minimum absolute atomic E-state index is 0.0335. The van der Waals surface area contributed by atoms with Crippen LogP contribution in [0.3, 0.4) is 0 Å². The molecule has 0 heterocycles. The number of nitrogens with one attached hydrogen (secondary N) is 1. The highest BCUT2D eigenvalue weighted by atomic mass is 79.9. The summed E-state index contributed by atoms with van der Waals surface area (Å²) < 4.78 is 13.6. The van der Waals surface area contributed by atoms with Gasteiger partial charge in [0.15, 0.2) is 0 Å². The molecule has 110 valence electrons. The molecule has 0 spiro atoms. The number of hydrogen-bond donors (Lipinski definition) is 1. The standard InChI is InChI=1S/C15H14BrFN2O2/c1-10(11-3-6-14(17)7-4-11)18-9-12-2-5-13(16)8-15(12)19(20)21/h2-8,10,18H,9H2,1H3/t10-/m0/s1. The van der Waals surface area contributed by atoms with Gasteiger partial charge in [-0.25, -0.2) is 4.39 Å². The smallest absolute Gasteiger partial charge is 0.275 e. The second kappa shape index (κ2) is 6.78. The van der Waals surface area contributed by atoms with Crippen molar-refractivity contribution in [2.24, 2.45) is 0 Å². The van der Waals surface area contributed by atoms with Gasteiger partial charge in [0, 0.05) is 28.7 Å². The van der Waals surface area contributed by atoms with Crippen molar-refractivity contribution < 1.29 is 9.31 Å². The van der Waals surface area contributed by atoms with Crippen LogP contribution in [0.5, 0.6) is 0 Å². The average molecular weight is 353 g/mol. The van der Waals surface area contributed by atoms with E-state index in [0.717, 1.165) is 5.56 Å². The zero-order valence-corrected chi connectivity index (χ0v) is 12.9. The van der Waals surface area contributed by atoms with E-state index in [4.69, 9.17) is 0 Å². The van der Waals surface area contributed by atoms with E-state index in [1.54, 1.807) is 24.3 Å². The third-order valence-electron chi connectivity index (χ3n) is 3.21. The maximum Gasteiger partial charge on any atom is 0.275 e. The Hall–Kier alpha value is -1.79. The number of benzene rings is 2. The first-order chi connectivity index (χ1) is 9.97. The van der Waals surface area contributed by atoms with Gasteiger partial charge in [-0.05, 0) is 36.8 Å². The van der Waals surface area contributed by atoms with Gasteiger partial charge in [0.1, 0.15) is 5.82 Å². The Morgan fingerprint density at radius 1 is 1.29 bits per heavy atom. The van der Waals surface area contributed by atoms with Crippen molar-refractivity contribution in [3.05, 3.63) is 74.0 Å². The molecule has 0 aliphatic rings. The van der Waals surface area contributed by atoms with Crippen molar-refractivity contribution in [1.29, 1.82) is 0 Å². The molecule has 0 bridgehead atoms. The van der Waals surface area contributed by atoms with Gasteiger partial charge in [0.2, 0.25) is 0 Å². The van der Waals surface area contributed by atoms with Crippen LogP contribution in [0.15, 0.2) is 46.9 Å². The highest BCUT2D eigenvalue weighted by Gasteiger charge is 2.15. The molecule has 4 nitrogen and oxygen atoms in total. The largest absolute Gasteiger partial charge is 0.306 e. The number of nitro groups is 1. The Morgan fingerprint density at radius 3 is 2.57 bits per heavy atom. The van der Waals surface area contributed by atoms with E-state index in [1.807, 2.05) is 6.92 Å². The van der Waals surface area contributed by atoms with E-state index in [1.165, 1.54) is 18.2 Å². The Bertz CT molecular complexity index is 647. The Kier molecular flexibility index (Phi) is 5.03. The maximum atomic E-state index is 12.9. The molecule has 0 fully saturated rings. The van der Waals surface area contributed by atoms with Crippen LogP contribution in [-0.2, 0) is 6.54 Å². The SMILES string of the molecule is C[C@H](NCc1ccc(Br)cc1[N+](=O)[O-])c1ccc(F)cc1. The van der Waals surface area contributed by atoms with Gasteiger partial charge >= 0.3 is 0 Å². The molecule has 1 N–H and O–H groups in total. The fourth-order valence-electron chi connectivity index (χ4n) is 1.99. The van der Waals surface area contributed by atoms with E-state index in [-0.39, 0.29) is 17.5 Å². The summed E-state index contributed by atoms with van der Waals surface area (Å²) in [4.78, 5) is 10.6. The molecule has 0 aliphatic carbocycles. The predicted molar refractivity (Wildman–Crippen MR) is 82.5 cm³/mol. The monoisotopic (exact) mass is 352 g/mol. The summed E-state index contributed by atoms with van der Waals surface area (Å²) in [6.07, 6.45) is 0. The van der Waals surface area contributed by atoms with Crippen molar-refractivity contribution in [2.75, 3.05) is 0 Å². The summed E-state index contributed by atoms with van der Waals surface area (Å²) in [6.45, 7) is 2.29. The van der Waals surface area contributed by atoms with E-state index in [9.17, 15) is 14.5 Å². The Balaban J connectivity index is 2.09. The molecule has 0 amide bonds. The highest BCUT2D eigenvalue weighted by Crippen LogP contribution is 2.24. The zero-order chi connectivity index (χ0) is 15.4. The fourth-order valence-corrected chi connectivity index (χ4v) is 2.34. The molecule has 6 heteroatoms. The van der Waals surface area contributed by atoms with Gasteiger partial charge in [-0.3, -0.25) is 10.1 Å². The van der Waals surface area contributed by atoms with Crippen molar-refractivity contribution in [3.8, 4) is 0 Å². The van der Waals surface area contributed by atoms with Crippen molar-refractivity contribution in [3.63, 3.8) is 0 Å². The lowest BCUT2D eigenvalue weighted by Gasteiger charge is -2.14. The Labute approximate surface area is 130 Å². The Morgan fingerprint density at radius 2 is 1.95 bits per heavy atom. The molecule has 1 atom stereocenters. The van der Waals surface area contributed by atoms with Crippen LogP contribution >= 0.6 is 15.9 Å². The summed E-state index contributed by atoms with van der Waals surface area (Å²) in [5.74, 6) is -0.283. The van der Waals surface area contributed by atoms with Crippen LogP contribution in [-0.4, -0.2) is 4.92 Å². The molecule has 0 saturated carbocycles. The number of nitrogens with zero attached hydrogens (tertiary/aromatic N) is 1. The topological polar surface area (TPSA) is 55.2 Å². The van der Waals surface area contributed by atoms with Crippen molar-refractivity contribution >= 4 is 21.6 Å². The van der Waals surface area contributed by atoms with E-state index < -0.39 is 4.92 Å². The fraction of sp³-hybridized carbons (Fsp3) is 0.200. The first-order valence-corrected chi connectivity index (χ1v) is 7.18. The minimum atomic E-state index is -0.398. The predicted octanol–water partition coefficient (Wildman–Crippen LogP) is 4.35. The zero-order valence-electron chi connectivity index (χ0n) is 11.3. The molecule has 2 rings (SSSR count). The first kappa shape index (κ1) is 15.6. The van der Waals surface area contributed by atoms with Crippen molar-refractivity contribution in [1.82, 2.24) is 5.32 Å². The molecule has 0 radical (unpaired) electrons. The molecular weight excluding hydrogens is 339 g/mol.